The van der Waals surface area contributed by atoms with Crippen LogP contribution < -0.4 is 14.8 Å². The fourth-order valence-electron chi connectivity index (χ4n) is 2.24. The molecule has 0 aliphatic heterocycles. The molecule has 144 valence electrons. The van der Waals surface area contributed by atoms with Gasteiger partial charge in [0.15, 0.2) is 11.5 Å². The zero-order valence-corrected chi connectivity index (χ0v) is 15.5. The van der Waals surface area contributed by atoms with Gasteiger partial charge in [0.2, 0.25) is 5.82 Å². The lowest BCUT2D eigenvalue weighted by Crippen LogP contribution is -2.13. The minimum Gasteiger partial charge on any atom is -0.490 e. The molecule has 2 aromatic rings. The highest BCUT2D eigenvalue weighted by atomic mass is 35.5. The quantitative estimate of drug-likeness (QED) is 0.510. The Labute approximate surface area is 160 Å². The van der Waals surface area contributed by atoms with Crippen molar-refractivity contribution in [2.75, 3.05) is 18.5 Å². The molecule has 0 radical (unpaired) electrons. The molecule has 0 atom stereocenters. The van der Waals surface area contributed by atoms with Gasteiger partial charge in [-0.05, 0) is 37.6 Å². The molecule has 2 rings (SSSR count). The molecule has 1 amide bonds. The van der Waals surface area contributed by atoms with E-state index in [9.17, 15) is 19.3 Å². The molecule has 9 heteroatoms. The van der Waals surface area contributed by atoms with Crippen molar-refractivity contribution in [1.29, 1.82) is 0 Å². The molecule has 2 aromatic carbocycles. The lowest BCUT2D eigenvalue weighted by molar-refractivity contribution is -0.387. The summed E-state index contributed by atoms with van der Waals surface area (Å²) in [6, 6.07) is 5.95. The maximum Gasteiger partial charge on any atom is 0.306 e. The van der Waals surface area contributed by atoms with E-state index in [-0.39, 0.29) is 16.3 Å². The predicted octanol–water partition coefficient (Wildman–Crippen LogP) is 4.83. The van der Waals surface area contributed by atoms with Crippen LogP contribution in [0.5, 0.6) is 11.5 Å². The Morgan fingerprint density at radius 1 is 1.26 bits per heavy atom. The van der Waals surface area contributed by atoms with Gasteiger partial charge in [0, 0.05) is 17.3 Å². The Balaban J connectivity index is 2.30. The van der Waals surface area contributed by atoms with E-state index in [2.05, 4.69) is 5.32 Å². The summed E-state index contributed by atoms with van der Waals surface area (Å²) in [7, 11) is 0. The van der Waals surface area contributed by atoms with Gasteiger partial charge < -0.3 is 14.8 Å². The van der Waals surface area contributed by atoms with Gasteiger partial charge in [0.1, 0.15) is 0 Å². The largest absolute Gasteiger partial charge is 0.490 e. The van der Waals surface area contributed by atoms with Crippen LogP contribution in [0.2, 0.25) is 5.02 Å². The third kappa shape index (κ3) is 5.07. The number of halogens is 2. The topological polar surface area (TPSA) is 90.7 Å². The second-order valence-corrected chi connectivity index (χ2v) is 5.85. The van der Waals surface area contributed by atoms with Crippen LogP contribution in [0, 0.1) is 15.9 Å². The molecule has 0 saturated carbocycles. The summed E-state index contributed by atoms with van der Waals surface area (Å²) in [5, 5.41) is 13.5. The van der Waals surface area contributed by atoms with E-state index >= 15 is 0 Å². The summed E-state index contributed by atoms with van der Waals surface area (Å²) >= 11 is 6.22. The number of carbonyl (C=O) groups excluding carboxylic acids is 1. The maximum atomic E-state index is 13.4. The van der Waals surface area contributed by atoms with Crippen LogP contribution in [0.4, 0.5) is 15.8 Å². The van der Waals surface area contributed by atoms with Crippen molar-refractivity contribution in [3.63, 3.8) is 0 Å². The number of ether oxygens (including phenoxy) is 2. The van der Waals surface area contributed by atoms with Crippen molar-refractivity contribution in [3.05, 3.63) is 56.8 Å². The number of rotatable bonds is 8. The first kappa shape index (κ1) is 20.4. The summed E-state index contributed by atoms with van der Waals surface area (Å²) in [6.07, 6.45) is 0.771. The molecule has 0 aromatic heterocycles. The molecule has 1 N–H and O–H groups in total. The molecule has 0 aliphatic carbocycles. The molecule has 0 aliphatic rings. The first-order valence-electron chi connectivity index (χ1n) is 8.21. The van der Waals surface area contributed by atoms with Crippen LogP contribution in [-0.4, -0.2) is 24.0 Å². The molecule has 0 unspecified atom stereocenters. The summed E-state index contributed by atoms with van der Waals surface area (Å²) in [6.45, 7) is 4.50. The van der Waals surface area contributed by atoms with Gasteiger partial charge in [-0.2, -0.15) is 4.39 Å². The number of amides is 1. The fourth-order valence-corrected chi connectivity index (χ4v) is 2.51. The van der Waals surface area contributed by atoms with E-state index in [0.717, 1.165) is 18.6 Å². The molecule has 0 heterocycles. The Morgan fingerprint density at radius 2 is 2.00 bits per heavy atom. The van der Waals surface area contributed by atoms with E-state index in [4.69, 9.17) is 21.1 Å². The standard InChI is InChI=1S/C18H18ClFN2O5/c1-3-7-27-17-13(19)8-11(9-16(17)26-4-2)18(23)21-12-5-6-14(20)15(10-12)22(24)25/h5-6,8-10H,3-4,7H2,1-2H3,(H,21,23). The van der Waals surface area contributed by atoms with E-state index in [1.807, 2.05) is 6.92 Å². The lowest BCUT2D eigenvalue weighted by atomic mass is 10.1. The Kier molecular flexibility index (Phi) is 6.95. The number of nitrogens with zero attached hydrogens (tertiary/aromatic N) is 1. The number of hydrogen-bond acceptors (Lipinski definition) is 5. The number of nitro benzene ring substituents is 1. The molecule has 0 saturated heterocycles. The van der Waals surface area contributed by atoms with Gasteiger partial charge in [0.05, 0.1) is 23.2 Å². The number of carbonyl (C=O) groups is 1. The Bertz CT molecular complexity index is 860. The highest BCUT2D eigenvalue weighted by molar-refractivity contribution is 6.32. The van der Waals surface area contributed by atoms with Gasteiger partial charge >= 0.3 is 5.69 Å². The number of benzene rings is 2. The number of nitro groups is 1. The minimum absolute atomic E-state index is 0.0773. The summed E-state index contributed by atoms with van der Waals surface area (Å²) in [5.41, 5.74) is -0.489. The maximum absolute atomic E-state index is 13.4. The van der Waals surface area contributed by atoms with E-state index in [1.165, 1.54) is 18.2 Å². The number of hydrogen-bond donors (Lipinski definition) is 1. The van der Waals surface area contributed by atoms with E-state index in [0.29, 0.717) is 24.7 Å². The Hall–Kier alpha value is -2.87. The first-order chi connectivity index (χ1) is 12.9. The SMILES string of the molecule is CCCOc1c(Cl)cc(C(=O)Nc2ccc(F)c([N+](=O)[O-])c2)cc1OCC. The van der Waals surface area contributed by atoms with Crippen LogP contribution in [0.1, 0.15) is 30.6 Å². The third-order valence-corrected chi connectivity index (χ3v) is 3.70. The summed E-state index contributed by atoms with van der Waals surface area (Å²) in [5.74, 6) is -0.916. The molecule has 0 bridgehead atoms. The molecule has 0 spiro atoms. The molecular weight excluding hydrogens is 379 g/mol. The number of anilines is 1. The van der Waals surface area contributed by atoms with Crippen molar-refractivity contribution in [1.82, 2.24) is 0 Å². The average molecular weight is 397 g/mol. The second kappa shape index (κ2) is 9.18. The van der Waals surface area contributed by atoms with Crippen LogP contribution in [-0.2, 0) is 0 Å². The monoisotopic (exact) mass is 396 g/mol. The van der Waals surface area contributed by atoms with Crippen LogP contribution in [0.3, 0.4) is 0 Å². The van der Waals surface area contributed by atoms with Gasteiger partial charge in [0.25, 0.3) is 5.91 Å². The lowest BCUT2D eigenvalue weighted by Gasteiger charge is -2.15. The van der Waals surface area contributed by atoms with Crippen molar-refractivity contribution in [2.45, 2.75) is 20.3 Å². The Morgan fingerprint density at radius 3 is 2.63 bits per heavy atom. The van der Waals surface area contributed by atoms with E-state index in [1.54, 1.807) is 6.92 Å². The molecule has 7 nitrogen and oxygen atoms in total. The van der Waals surface area contributed by atoms with Crippen LogP contribution in [0.25, 0.3) is 0 Å². The van der Waals surface area contributed by atoms with E-state index < -0.39 is 22.3 Å². The highest BCUT2D eigenvalue weighted by Crippen LogP contribution is 2.37. The van der Waals surface area contributed by atoms with Gasteiger partial charge in [-0.25, -0.2) is 0 Å². The van der Waals surface area contributed by atoms with Crippen LogP contribution in [0.15, 0.2) is 30.3 Å². The van der Waals surface area contributed by atoms with Gasteiger partial charge in [-0.3, -0.25) is 14.9 Å². The highest BCUT2D eigenvalue weighted by Gasteiger charge is 2.19. The predicted molar refractivity (Wildman–Crippen MR) is 99.4 cm³/mol. The normalized spacial score (nSPS) is 10.4. The van der Waals surface area contributed by atoms with Crippen molar-refractivity contribution in [2.24, 2.45) is 0 Å². The first-order valence-corrected chi connectivity index (χ1v) is 8.59. The van der Waals surface area contributed by atoms with Gasteiger partial charge in [-0.15, -0.1) is 0 Å². The third-order valence-electron chi connectivity index (χ3n) is 3.42. The zero-order chi connectivity index (χ0) is 20.0. The minimum atomic E-state index is -0.989. The molecular formula is C18H18ClFN2O5. The van der Waals surface area contributed by atoms with Gasteiger partial charge in [-0.1, -0.05) is 18.5 Å². The zero-order valence-electron chi connectivity index (χ0n) is 14.8. The molecule has 27 heavy (non-hydrogen) atoms. The smallest absolute Gasteiger partial charge is 0.306 e. The number of nitrogens with one attached hydrogen (secondary N) is 1. The van der Waals surface area contributed by atoms with Crippen LogP contribution >= 0.6 is 11.6 Å². The molecule has 0 fully saturated rings. The fraction of sp³-hybridized carbons (Fsp3) is 0.278. The van der Waals surface area contributed by atoms with Crippen molar-refractivity contribution >= 4 is 28.9 Å². The average Bonchev–Trinajstić information content (AvgIpc) is 2.62. The van der Waals surface area contributed by atoms with Crippen molar-refractivity contribution < 1.29 is 23.6 Å². The second-order valence-electron chi connectivity index (χ2n) is 5.44. The summed E-state index contributed by atoms with van der Waals surface area (Å²) in [4.78, 5) is 22.4. The van der Waals surface area contributed by atoms with Crippen molar-refractivity contribution in [3.8, 4) is 11.5 Å². The summed E-state index contributed by atoms with van der Waals surface area (Å²) < 4.78 is 24.5.